The Balaban J connectivity index is 0.00000208. The van der Waals surface area contributed by atoms with Crippen molar-refractivity contribution >= 4 is 22.4 Å². The van der Waals surface area contributed by atoms with Crippen LogP contribution in [0.25, 0.3) is 0 Å². The Kier molecular flexibility index (Phi) is 6.82. The highest BCUT2D eigenvalue weighted by Crippen LogP contribution is 2.23. The Morgan fingerprint density at radius 1 is 1.38 bits per heavy atom. The second-order valence-electron chi connectivity index (χ2n) is 5.94. The minimum absolute atomic E-state index is 0. The molecule has 2 saturated heterocycles. The molecule has 2 heterocycles. The number of halogens is 2. The summed E-state index contributed by atoms with van der Waals surface area (Å²) in [6.45, 7) is 3.06. The van der Waals surface area contributed by atoms with Gasteiger partial charge in [0.1, 0.15) is 0 Å². The van der Waals surface area contributed by atoms with Crippen LogP contribution < -0.4 is 14.8 Å². The van der Waals surface area contributed by atoms with Crippen molar-refractivity contribution in [2.75, 3.05) is 32.9 Å². The molecule has 2 fully saturated rings. The molecule has 6 nitrogen and oxygen atoms in total. The van der Waals surface area contributed by atoms with Crippen LogP contribution in [0.5, 0.6) is 5.75 Å². The number of sulfonamides is 1. The van der Waals surface area contributed by atoms with E-state index in [4.69, 9.17) is 9.47 Å². The second-order valence-corrected chi connectivity index (χ2v) is 7.66. The van der Waals surface area contributed by atoms with Gasteiger partial charge in [0.05, 0.1) is 18.1 Å². The fraction of sp³-hybridized carbons (Fsp3) is 0.600. The van der Waals surface area contributed by atoms with Crippen LogP contribution in [0.3, 0.4) is 0 Å². The lowest BCUT2D eigenvalue weighted by Crippen LogP contribution is -2.36. The van der Waals surface area contributed by atoms with Gasteiger partial charge in [-0.3, -0.25) is 0 Å². The molecule has 136 valence electrons. The molecule has 0 amide bonds. The second kappa shape index (κ2) is 8.44. The molecule has 0 spiro atoms. The molecule has 2 aliphatic heterocycles. The summed E-state index contributed by atoms with van der Waals surface area (Å²) in [5.41, 5.74) is 0. The smallest absolute Gasteiger partial charge is 0.240 e. The van der Waals surface area contributed by atoms with E-state index in [1.165, 1.54) is 12.1 Å². The van der Waals surface area contributed by atoms with E-state index in [0.29, 0.717) is 26.4 Å². The molecule has 24 heavy (non-hydrogen) atoms. The highest BCUT2D eigenvalue weighted by Gasteiger charge is 2.24. The third-order valence-electron chi connectivity index (χ3n) is 4.09. The van der Waals surface area contributed by atoms with Crippen molar-refractivity contribution in [2.45, 2.75) is 23.8 Å². The standard InChI is InChI=1S/C15H21FN2O4S.ClH/c16-14-7-13(23(19,20)18-12-3-5-17-8-12)1-2-15(14)22-10-11-4-6-21-9-11;/h1-2,7,11-12,17-18H,3-6,8-10H2;1H. The maximum Gasteiger partial charge on any atom is 0.240 e. The first kappa shape index (κ1) is 19.4. The van der Waals surface area contributed by atoms with Crippen LogP contribution >= 0.6 is 12.4 Å². The van der Waals surface area contributed by atoms with Gasteiger partial charge >= 0.3 is 0 Å². The fourth-order valence-corrected chi connectivity index (χ4v) is 4.01. The van der Waals surface area contributed by atoms with Crippen LogP contribution in [-0.4, -0.2) is 47.4 Å². The highest BCUT2D eigenvalue weighted by molar-refractivity contribution is 7.89. The van der Waals surface area contributed by atoms with Gasteiger partial charge in [0.15, 0.2) is 11.6 Å². The van der Waals surface area contributed by atoms with Crippen molar-refractivity contribution in [2.24, 2.45) is 5.92 Å². The van der Waals surface area contributed by atoms with E-state index >= 15 is 0 Å². The number of nitrogens with one attached hydrogen (secondary N) is 2. The summed E-state index contributed by atoms with van der Waals surface area (Å²) < 4.78 is 51.9. The van der Waals surface area contributed by atoms with Gasteiger partial charge in [-0.2, -0.15) is 0 Å². The Hall–Kier alpha value is -0.930. The van der Waals surface area contributed by atoms with Crippen LogP contribution in [0, 0.1) is 11.7 Å². The quantitative estimate of drug-likeness (QED) is 0.778. The van der Waals surface area contributed by atoms with Gasteiger partial charge in [-0.1, -0.05) is 0 Å². The molecule has 2 N–H and O–H groups in total. The van der Waals surface area contributed by atoms with Crippen LogP contribution in [-0.2, 0) is 14.8 Å². The van der Waals surface area contributed by atoms with E-state index in [2.05, 4.69) is 10.0 Å². The molecule has 1 aromatic carbocycles. The minimum atomic E-state index is -3.72. The highest BCUT2D eigenvalue weighted by atomic mass is 35.5. The molecule has 9 heteroatoms. The minimum Gasteiger partial charge on any atom is -0.490 e. The Bertz CT molecular complexity index is 647. The molecule has 3 rings (SSSR count). The molecule has 2 aliphatic rings. The molecule has 2 atom stereocenters. The lowest BCUT2D eigenvalue weighted by atomic mass is 10.1. The predicted molar refractivity (Wildman–Crippen MR) is 89.7 cm³/mol. The third-order valence-corrected chi connectivity index (χ3v) is 5.61. The fourth-order valence-electron chi connectivity index (χ4n) is 2.73. The summed E-state index contributed by atoms with van der Waals surface area (Å²) in [5.74, 6) is -0.343. The molecular formula is C15H22ClFN2O4S. The first-order chi connectivity index (χ1) is 11.0. The lowest BCUT2D eigenvalue weighted by Gasteiger charge is -2.14. The van der Waals surface area contributed by atoms with Crippen LogP contribution in [0.4, 0.5) is 4.39 Å². The van der Waals surface area contributed by atoms with Crippen molar-refractivity contribution in [3.05, 3.63) is 24.0 Å². The van der Waals surface area contributed by atoms with Gasteiger partial charge in [-0.05, 0) is 37.6 Å². The van der Waals surface area contributed by atoms with Crippen LogP contribution in [0.2, 0.25) is 0 Å². The summed E-state index contributed by atoms with van der Waals surface area (Å²) in [5, 5.41) is 3.08. The van der Waals surface area contributed by atoms with Gasteiger partial charge in [0.2, 0.25) is 10.0 Å². The zero-order valence-electron chi connectivity index (χ0n) is 13.2. The normalized spacial score (nSPS) is 23.9. The maximum absolute atomic E-state index is 14.1. The van der Waals surface area contributed by atoms with Crippen molar-refractivity contribution in [3.8, 4) is 5.75 Å². The average Bonchev–Trinajstić information content (AvgIpc) is 3.19. The zero-order valence-corrected chi connectivity index (χ0v) is 14.8. The summed E-state index contributed by atoms with van der Waals surface area (Å²) in [6.07, 6.45) is 1.62. The van der Waals surface area contributed by atoms with E-state index in [1.807, 2.05) is 0 Å². The number of ether oxygens (including phenoxy) is 2. The molecule has 0 radical (unpaired) electrons. The zero-order chi connectivity index (χ0) is 16.3. The molecule has 1 aromatic rings. The molecule has 2 unspecified atom stereocenters. The third kappa shape index (κ3) is 4.80. The van der Waals surface area contributed by atoms with E-state index in [-0.39, 0.29) is 35.0 Å². The number of rotatable bonds is 6. The summed E-state index contributed by atoms with van der Waals surface area (Å²) in [6, 6.07) is 3.59. The molecule has 0 aromatic heterocycles. The van der Waals surface area contributed by atoms with Gasteiger partial charge in [-0.25, -0.2) is 17.5 Å². The predicted octanol–water partition coefficient (Wildman–Crippen LogP) is 1.30. The largest absolute Gasteiger partial charge is 0.490 e. The van der Waals surface area contributed by atoms with E-state index < -0.39 is 15.8 Å². The Labute approximate surface area is 147 Å². The van der Waals surface area contributed by atoms with Crippen molar-refractivity contribution in [3.63, 3.8) is 0 Å². The maximum atomic E-state index is 14.1. The van der Waals surface area contributed by atoms with Crippen molar-refractivity contribution < 1.29 is 22.3 Å². The lowest BCUT2D eigenvalue weighted by molar-refractivity contribution is 0.165. The van der Waals surface area contributed by atoms with E-state index in [9.17, 15) is 12.8 Å². The Morgan fingerprint density at radius 2 is 2.21 bits per heavy atom. The summed E-state index contributed by atoms with van der Waals surface area (Å²) >= 11 is 0. The van der Waals surface area contributed by atoms with E-state index in [0.717, 1.165) is 25.5 Å². The number of benzene rings is 1. The van der Waals surface area contributed by atoms with Gasteiger partial charge in [-0.15, -0.1) is 12.4 Å². The number of hydrogen-bond donors (Lipinski definition) is 2. The van der Waals surface area contributed by atoms with Gasteiger partial charge in [0, 0.05) is 25.1 Å². The Morgan fingerprint density at radius 3 is 2.83 bits per heavy atom. The van der Waals surface area contributed by atoms with Crippen LogP contribution in [0.15, 0.2) is 23.1 Å². The van der Waals surface area contributed by atoms with Gasteiger partial charge in [0.25, 0.3) is 0 Å². The molecular weight excluding hydrogens is 359 g/mol. The molecule has 0 bridgehead atoms. The molecule has 0 aliphatic carbocycles. The van der Waals surface area contributed by atoms with E-state index in [1.54, 1.807) is 0 Å². The molecule has 0 saturated carbocycles. The van der Waals surface area contributed by atoms with Crippen molar-refractivity contribution in [1.29, 1.82) is 0 Å². The SMILES string of the molecule is Cl.O=S(=O)(NC1CCNC1)c1ccc(OCC2CCOC2)c(F)c1. The first-order valence-electron chi connectivity index (χ1n) is 7.78. The van der Waals surface area contributed by atoms with Crippen LogP contribution in [0.1, 0.15) is 12.8 Å². The number of hydrogen-bond acceptors (Lipinski definition) is 5. The average molecular weight is 381 g/mol. The van der Waals surface area contributed by atoms with Gasteiger partial charge < -0.3 is 14.8 Å². The summed E-state index contributed by atoms with van der Waals surface area (Å²) in [4.78, 5) is -0.0848. The summed E-state index contributed by atoms with van der Waals surface area (Å²) in [7, 11) is -3.72. The van der Waals surface area contributed by atoms with Crippen molar-refractivity contribution in [1.82, 2.24) is 10.0 Å². The topological polar surface area (TPSA) is 76.7 Å². The first-order valence-corrected chi connectivity index (χ1v) is 9.26. The monoisotopic (exact) mass is 380 g/mol.